The van der Waals surface area contributed by atoms with E-state index in [-0.39, 0.29) is 23.7 Å². The van der Waals surface area contributed by atoms with Crippen molar-refractivity contribution in [1.29, 1.82) is 0 Å². The normalized spacial score (nSPS) is 17.5. The fraction of sp³-hybridized carbons (Fsp3) is 0.167. The lowest BCUT2D eigenvalue weighted by Crippen LogP contribution is -2.35. The van der Waals surface area contributed by atoms with Crippen molar-refractivity contribution in [3.63, 3.8) is 0 Å². The number of benzene rings is 1. The molecular formula is C18H17N3O3S. The van der Waals surface area contributed by atoms with Crippen LogP contribution < -0.4 is 5.73 Å². The Balaban J connectivity index is 2.04. The number of amides is 3. The molecule has 3 rings (SSSR count). The molecule has 1 aliphatic rings. The van der Waals surface area contributed by atoms with Crippen molar-refractivity contribution in [2.24, 2.45) is 5.73 Å². The molecule has 1 atom stereocenters. The first-order chi connectivity index (χ1) is 11.9. The molecule has 0 bridgehead atoms. The lowest BCUT2D eigenvalue weighted by molar-refractivity contribution is -0.123. The molecule has 1 fully saturated rings. The lowest BCUT2D eigenvalue weighted by Gasteiger charge is -2.17. The molecule has 1 aromatic carbocycles. The minimum absolute atomic E-state index is 0.0450. The molecule has 1 saturated heterocycles. The predicted octanol–water partition coefficient (Wildman–Crippen LogP) is 2.74. The number of fused-ring (bicyclic) bond motifs is 1. The van der Waals surface area contributed by atoms with Crippen molar-refractivity contribution in [2.45, 2.75) is 19.5 Å². The van der Waals surface area contributed by atoms with Gasteiger partial charge in [0.25, 0.3) is 11.1 Å². The van der Waals surface area contributed by atoms with Gasteiger partial charge in [0.2, 0.25) is 5.91 Å². The molecule has 3 amide bonds. The molecule has 6 nitrogen and oxygen atoms in total. The molecule has 2 heterocycles. The van der Waals surface area contributed by atoms with E-state index in [1.807, 2.05) is 24.3 Å². The highest BCUT2D eigenvalue weighted by atomic mass is 32.2. The standard InChI is InChI=1S/C18H17N3O3S/c1-3-11(2)21-17(23)15(25-18(21)24)8-12-9-20(10-16(19)22)14-7-5-4-6-13(12)14/h3-9,11H,1,10H2,2H3,(H2,19,22)/b15-8-/t11-/m1/s1. The zero-order valence-electron chi connectivity index (χ0n) is 13.6. The number of imide groups is 1. The Hall–Kier alpha value is -2.80. The van der Waals surface area contributed by atoms with Crippen molar-refractivity contribution < 1.29 is 14.4 Å². The highest BCUT2D eigenvalue weighted by molar-refractivity contribution is 8.18. The molecule has 25 heavy (non-hydrogen) atoms. The van der Waals surface area contributed by atoms with E-state index in [1.54, 1.807) is 29.8 Å². The number of hydrogen-bond acceptors (Lipinski definition) is 4. The van der Waals surface area contributed by atoms with E-state index in [0.717, 1.165) is 28.2 Å². The largest absolute Gasteiger partial charge is 0.368 e. The van der Waals surface area contributed by atoms with Crippen molar-refractivity contribution in [3.8, 4) is 0 Å². The molecule has 1 aliphatic heterocycles. The van der Waals surface area contributed by atoms with Gasteiger partial charge in [-0.15, -0.1) is 6.58 Å². The monoisotopic (exact) mass is 355 g/mol. The highest BCUT2D eigenvalue weighted by Gasteiger charge is 2.37. The van der Waals surface area contributed by atoms with Gasteiger partial charge in [-0.1, -0.05) is 24.3 Å². The number of carbonyl (C=O) groups is 3. The van der Waals surface area contributed by atoms with Crippen LogP contribution in [0.15, 0.2) is 48.0 Å². The summed E-state index contributed by atoms with van der Waals surface area (Å²) in [5, 5.41) is 0.567. The van der Waals surface area contributed by atoms with Gasteiger partial charge in [-0.25, -0.2) is 0 Å². The van der Waals surface area contributed by atoms with Crippen molar-refractivity contribution in [2.75, 3.05) is 0 Å². The van der Waals surface area contributed by atoms with E-state index in [2.05, 4.69) is 6.58 Å². The van der Waals surface area contributed by atoms with Gasteiger partial charge in [0.1, 0.15) is 6.54 Å². The van der Waals surface area contributed by atoms with E-state index >= 15 is 0 Å². The molecule has 1 aromatic heterocycles. The van der Waals surface area contributed by atoms with Crippen LogP contribution in [-0.4, -0.2) is 32.6 Å². The fourth-order valence-electron chi connectivity index (χ4n) is 2.77. The molecule has 2 aromatic rings. The Bertz CT molecular complexity index is 929. The van der Waals surface area contributed by atoms with E-state index in [0.29, 0.717) is 4.91 Å². The van der Waals surface area contributed by atoms with Crippen LogP contribution in [0, 0.1) is 0 Å². The van der Waals surface area contributed by atoms with E-state index in [9.17, 15) is 14.4 Å². The summed E-state index contributed by atoms with van der Waals surface area (Å²) in [4.78, 5) is 37.5. The molecule has 0 spiro atoms. The maximum atomic E-state index is 12.5. The number of nitrogens with zero attached hydrogens (tertiary/aromatic N) is 2. The minimum Gasteiger partial charge on any atom is -0.368 e. The van der Waals surface area contributed by atoms with E-state index in [4.69, 9.17) is 5.73 Å². The smallest absolute Gasteiger partial charge is 0.294 e. The maximum Gasteiger partial charge on any atom is 0.294 e. The zero-order chi connectivity index (χ0) is 18.1. The molecule has 7 heteroatoms. The number of nitrogens with two attached hydrogens (primary N) is 1. The summed E-state index contributed by atoms with van der Waals surface area (Å²) in [5.74, 6) is -0.790. The van der Waals surface area contributed by atoms with Gasteiger partial charge in [0, 0.05) is 22.7 Å². The summed E-state index contributed by atoms with van der Waals surface area (Å²) >= 11 is 0.902. The third-order valence-electron chi connectivity index (χ3n) is 4.00. The highest BCUT2D eigenvalue weighted by Crippen LogP contribution is 2.35. The number of hydrogen-bond donors (Lipinski definition) is 1. The summed E-state index contributed by atoms with van der Waals surface area (Å²) in [6.45, 7) is 5.42. The van der Waals surface area contributed by atoms with E-state index in [1.165, 1.54) is 4.90 Å². The first-order valence-corrected chi connectivity index (χ1v) is 8.50. The van der Waals surface area contributed by atoms with Gasteiger partial charge in [-0.05, 0) is 30.8 Å². The Morgan fingerprint density at radius 2 is 2.08 bits per heavy atom. The van der Waals surface area contributed by atoms with Gasteiger partial charge in [-0.2, -0.15) is 0 Å². The molecule has 128 valence electrons. The summed E-state index contributed by atoms with van der Waals surface area (Å²) < 4.78 is 1.74. The number of thioether (sulfide) groups is 1. The molecular weight excluding hydrogens is 338 g/mol. The molecule has 0 unspecified atom stereocenters. The zero-order valence-corrected chi connectivity index (χ0v) is 14.5. The first-order valence-electron chi connectivity index (χ1n) is 7.68. The second-order valence-electron chi connectivity index (χ2n) is 5.72. The fourth-order valence-corrected chi connectivity index (χ4v) is 3.67. The van der Waals surface area contributed by atoms with Crippen molar-refractivity contribution in [3.05, 3.63) is 53.6 Å². The van der Waals surface area contributed by atoms with Crippen LogP contribution >= 0.6 is 11.8 Å². The van der Waals surface area contributed by atoms with Gasteiger partial charge in [0.05, 0.1) is 10.9 Å². The molecule has 0 aliphatic carbocycles. The second kappa shape index (κ2) is 6.60. The van der Waals surface area contributed by atoms with Crippen molar-refractivity contribution in [1.82, 2.24) is 9.47 Å². The van der Waals surface area contributed by atoms with Crippen LogP contribution in [-0.2, 0) is 16.1 Å². The molecule has 0 radical (unpaired) electrons. The number of carbonyl (C=O) groups excluding carboxylic acids is 3. The minimum atomic E-state index is -0.451. The average Bonchev–Trinajstić information content (AvgIpc) is 3.05. The number of rotatable bonds is 5. The van der Waals surface area contributed by atoms with Gasteiger partial charge in [-0.3, -0.25) is 19.3 Å². The second-order valence-corrected chi connectivity index (χ2v) is 6.72. The topological polar surface area (TPSA) is 85.4 Å². The Kier molecular flexibility index (Phi) is 4.50. The summed E-state index contributed by atoms with van der Waals surface area (Å²) in [5.41, 5.74) is 6.90. The third kappa shape index (κ3) is 3.10. The van der Waals surface area contributed by atoms with Gasteiger partial charge in [0.15, 0.2) is 0 Å². The van der Waals surface area contributed by atoms with E-state index < -0.39 is 5.91 Å². The van der Waals surface area contributed by atoms with Crippen LogP contribution in [0.1, 0.15) is 12.5 Å². The SMILES string of the molecule is C=C[C@@H](C)N1C(=O)S/C(=C\c2cn(CC(N)=O)c3ccccc23)C1=O. The van der Waals surface area contributed by atoms with Gasteiger partial charge < -0.3 is 10.3 Å². The Morgan fingerprint density at radius 3 is 2.76 bits per heavy atom. The third-order valence-corrected chi connectivity index (χ3v) is 4.89. The summed E-state index contributed by atoms with van der Waals surface area (Å²) in [6, 6.07) is 7.15. The first kappa shape index (κ1) is 17.0. The molecule has 0 saturated carbocycles. The lowest BCUT2D eigenvalue weighted by atomic mass is 10.1. The number of para-hydroxylation sites is 1. The van der Waals surface area contributed by atoms with Crippen LogP contribution in [0.3, 0.4) is 0 Å². The van der Waals surface area contributed by atoms with Crippen LogP contribution in [0.25, 0.3) is 17.0 Å². The quantitative estimate of drug-likeness (QED) is 0.660. The molecule has 2 N–H and O–H groups in total. The Labute approximate surface area is 149 Å². The summed E-state index contributed by atoms with van der Waals surface area (Å²) in [6.07, 6.45) is 5.00. The predicted molar refractivity (Wildman–Crippen MR) is 98.6 cm³/mol. The number of primary amides is 1. The average molecular weight is 355 g/mol. The Morgan fingerprint density at radius 1 is 1.36 bits per heavy atom. The van der Waals surface area contributed by atoms with Crippen LogP contribution in [0.2, 0.25) is 0 Å². The van der Waals surface area contributed by atoms with Gasteiger partial charge >= 0.3 is 0 Å². The van der Waals surface area contributed by atoms with Crippen molar-refractivity contribution >= 4 is 45.8 Å². The van der Waals surface area contributed by atoms with Crippen LogP contribution in [0.4, 0.5) is 4.79 Å². The summed E-state index contributed by atoms with van der Waals surface area (Å²) in [7, 11) is 0. The van der Waals surface area contributed by atoms with Crippen LogP contribution in [0.5, 0.6) is 0 Å². The number of aromatic nitrogens is 1. The maximum absolute atomic E-state index is 12.5.